The van der Waals surface area contributed by atoms with Crippen LogP contribution in [0.25, 0.3) is 0 Å². The molecular weight excluding hydrogens is 268 g/mol. The first kappa shape index (κ1) is 13.7. The summed E-state index contributed by atoms with van der Waals surface area (Å²) < 4.78 is 16.9. The van der Waals surface area contributed by atoms with E-state index in [1.807, 2.05) is 43.3 Å². The SMILES string of the molecule is CCOc1ccc(CCC2COc3ccccc3O2)nn1. The highest BCUT2D eigenvalue weighted by Crippen LogP contribution is 2.31. The van der Waals surface area contributed by atoms with E-state index in [1.165, 1.54) is 0 Å². The van der Waals surface area contributed by atoms with Gasteiger partial charge in [0.15, 0.2) is 11.5 Å². The number of fused-ring (bicyclic) bond motifs is 1. The highest BCUT2D eigenvalue weighted by molar-refractivity contribution is 5.40. The number of aromatic nitrogens is 2. The van der Waals surface area contributed by atoms with Crippen molar-refractivity contribution >= 4 is 0 Å². The summed E-state index contributed by atoms with van der Waals surface area (Å²) in [4.78, 5) is 0. The van der Waals surface area contributed by atoms with Gasteiger partial charge in [0.05, 0.1) is 12.3 Å². The Balaban J connectivity index is 1.54. The van der Waals surface area contributed by atoms with Gasteiger partial charge in [-0.25, -0.2) is 0 Å². The number of rotatable bonds is 5. The number of aryl methyl sites for hydroxylation is 1. The maximum absolute atomic E-state index is 5.92. The van der Waals surface area contributed by atoms with Crippen LogP contribution in [0, 0.1) is 0 Å². The molecule has 0 fully saturated rings. The molecule has 21 heavy (non-hydrogen) atoms. The van der Waals surface area contributed by atoms with Crippen LogP contribution in [-0.4, -0.2) is 29.5 Å². The largest absolute Gasteiger partial charge is 0.486 e. The first-order valence-corrected chi connectivity index (χ1v) is 7.19. The van der Waals surface area contributed by atoms with Gasteiger partial charge in [-0.1, -0.05) is 12.1 Å². The van der Waals surface area contributed by atoms with Crippen molar-refractivity contribution in [1.82, 2.24) is 10.2 Å². The summed E-state index contributed by atoms with van der Waals surface area (Å²) in [6.45, 7) is 3.09. The number of nitrogens with zero attached hydrogens (tertiary/aromatic N) is 2. The highest BCUT2D eigenvalue weighted by atomic mass is 16.6. The lowest BCUT2D eigenvalue weighted by molar-refractivity contribution is 0.0849. The Morgan fingerprint density at radius 2 is 2.00 bits per heavy atom. The normalized spacial score (nSPS) is 16.5. The minimum atomic E-state index is 0.0493. The fourth-order valence-electron chi connectivity index (χ4n) is 2.22. The van der Waals surface area contributed by atoms with Gasteiger partial charge in [-0.3, -0.25) is 0 Å². The first-order chi connectivity index (χ1) is 10.3. The topological polar surface area (TPSA) is 53.5 Å². The molecule has 5 heteroatoms. The van der Waals surface area contributed by atoms with Crippen LogP contribution in [-0.2, 0) is 6.42 Å². The lowest BCUT2D eigenvalue weighted by atomic mass is 10.1. The number of hydrogen-bond donors (Lipinski definition) is 0. The van der Waals surface area contributed by atoms with E-state index < -0.39 is 0 Å². The van der Waals surface area contributed by atoms with Crippen LogP contribution >= 0.6 is 0 Å². The minimum Gasteiger partial charge on any atom is -0.486 e. The third kappa shape index (κ3) is 3.42. The first-order valence-electron chi connectivity index (χ1n) is 7.19. The van der Waals surface area contributed by atoms with Crippen molar-refractivity contribution in [2.45, 2.75) is 25.9 Å². The zero-order chi connectivity index (χ0) is 14.5. The van der Waals surface area contributed by atoms with E-state index in [0.29, 0.717) is 19.1 Å². The zero-order valence-corrected chi connectivity index (χ0v) is 12.0. The fraction of sp³-hybridized carbons (Fsp3) is 0.375. The monoisotopic (exact) mass is 286 g/mol. The highest BCUT2D eigenvalue weighted by Gasteiger charge is 2.20. The number of benzene rings is 1. The van der Waals surface area contributed by atoms with Crippen LogP contribution in [0.1, 0.15) is 19.0 Å². The number of hydrogen-bond acceptors (Lipinski definition) is 5. The van der Waals surface area contributed by atoms with Crippen LogP contribution in [0.4, 0.5) is 0 Å². The van der Waals surface area contributed by atoms with E-state index in [9.17, 15) is 0 Å². The van der Waals surface area contributed by atoms with Crippen LogP contribution in [0.15, 0.2) is 36.4 Å². The summed E-state index contributed by atoms with van der Waals surface area (Å²) in [7, 11) is 0. The average molecular weight is 286 g/mol. The van der Waals surface area contributed by atoms with Crippen LogP contribution in [0.3, 0.4) is 0 Å². The summed E-state index contributed by atoms with van der Waals surface area (Å²) in [5, 5.41) is 8.18. The van der Waals surface area contributed by atoms with E-state index in [2.05, 4.69) is 10.2 Å². The molecule has 2 aromatic rings. The average Bonchev–Trinajstić information content (AvgIpc) is 2.54. The molecule has 0 spiro atoms. The maximum atomic E-state index is 5.92. The molecule has 2 heterocycles. The molecule has 1 aromatic heterocycles. The van der Waals surface area contributed by atoms with Gasteiger partial charge in [0.2, 0.25) is 5.88 Å². The summed E-state index contributed by atoms with van der Waals surface area (Å²) in [5.74, 6) is 2.19. The summed E-state index contributed by atoms with van der Waals surface area (Å²) in [5.41, 5.74) is 0.931. The Morgan fingerprint density at radius 1 is 1.14 bits per heavy atom. The minimum absolute atomic E-state index is 0.0493. The Morgan fingerprint density at radius 3 is 2.76 bits per heavy atom. The second kappa shape index (κ2) is 6.43. The van der Waals surface area contributed by atoms with Crippen LogP contribution < -0.4 is 14.2 Å². The van der Waals surface area contributed by atoms with E-state index in [0.717, 1.165) is 30.0 Å². The van der Waals surface area contributed by atoms with Crippen molar-refractivity contribution in [1.29, 1.82) is 0 Å². The summed E-state index contributed by atoms with van der Waals surface area (Å²) >= 11 is 0. The fourth-order valence-corrected chi connectivity index (χ4v) is 2.22. The van der Waals surface area contributed by atoms with Crippen molar-refractivity contribution in [2.24, 2.45) is 0 Å². The molecule has 1 unspecified atom stereocenters. The molecular formula is C16H18N2O3. The molecule has 1 atom stereocenters. The molecule has 5 nitrogen and oxygen atoms in total. The molecule has 0 radical (unpaired) electrons. The molecule has 1 aromatic carbocycles. The van der Waals surface area contributed by atoms with E-state index >= 15 is 0 Å². The third-order valence-corrected chi connectivity index (χ3v) is 3.28. The van der Waals surface area contributed by atoms with E-state index in [4.69, 9.17) is 14.2 Å². The van der Waals surface area contributed by atoms with E-state index in [1.54, 1.807) is 0 Å². The quantitative estimate of drug-likeness (QED) is 0.845. The zero-order valence-electron chi connectivity index (χ0n) is 12.0. The van der Waals surface area contributed by atoms with Crippen LogP contribution in [0.5, 0.6) is 17.4 Å². The lowest BCUT2D eigenvalue weighted by Crippen LogP contribution is -2.29. The van der Waals surface area contributed by atoms with Gasteiger partial charge >= 0.3 is 0 Å². The van der Waals surface area contributed by atoms with Crippen molar-refractivity contribution in [3.8, 4) is 17.4 Å². The summed E-state index contributed by atoms with van der Waals surface area (Å²) in [6, 6.07) is 11.5. The van der Waals surface area contributed by atoms with Crippen molar-refractivity contribution < 1.29 is 14.2 Å². The van der Waals surface area contributed by atoms with Gasteiger partial charge in [0.1, 0.15) is 12.7 Å². The predicted molar refractivity (Wildman–Crippen MR) is 77.9 cm³/mol. The molecule has 110 valence electrons. The molecule has 3 rings (SSSR count). The van der Waals surface area contributed by atoms with Gasteiger partial charge < -0.3 is 14.2 Å². The van der Waals surface area contributed by atoms with Gasteiger partial charge in [0, 0.05) is 6.07 Å². The molecule has 1 aliphatic heterocycles. The molecule has 0 aliphatic carbocycles. The summed E-state index contributed by atoms with van der Waals surface area (Å²) in [6.07, 6.45) is 1.69. The Bertz CT molecular complexity index is 586. The number of ether oxygens (including phenoxy) is 3. The van der Waals surface area contributed by atoms with E-state index in [-0.39, 0.29) is 6.10 Å². The van der Waals surface area contributed by atoms with Gasteiger partial charge in [-0.05, 0) is 38.0 Å². The number of para-hydroxylation sites is 2. The Kier molecular flexibility index (Phi) is 4.19. The van der Waals surface area contributed by atoms with Gasteiger partial charge in [-0.2, -0.15) is 5.10 Å². The molecule has 0 bridgehead atoms. The van der Waals surface area contributed by atoms with Crippen LogP contribution in [0.2, 0.25) is 0 Å². The predicted octanol–water partition coefficient (Wildman–Crippen LogP) is 2.65. The second-order valence-corrected chi connectivity index (χ2v) is 4.83. The molecule has 0 saturated carbocycles. The second-order valence-electron chi connectivity index (χ2n) is 4.83. The lowest BCUT2D eigenvalue weighted by Gasteiger charge is -2.26. The molecule has 1 aliphatic rings. The Labute approximate surface area is 123 Å². The molecule has 0 N–H and O–H groups in total. The maximum Gasteiger partial charge on any atom is 0.233 e. The van der Waals surface area contributed by atoms with Crippen molar-refractivity contribution in [3.63, 3.8) is 0 Å². The van der Waals surface area contributed by atoms with Crippen molar-refractivity contribution in [2.75, 3.05) is 13.2 Å². The Hall–Kier alpha value is -2.30. The standard InChI is InChI=1S/C16H18N2O3/c1-2-19-16-10-8-12(17-18-16)7-9-13-11-20-14-5-3-4-6-15(14)21-13/h3-6,8,10,13H,2,7,9,11H2,1H3. The van der Waals surface area contributed by atoms with Gasteiger partial charge in [0.25, 0.3) is 0 Å². The molecule has 0 saturated heterocycles. The molecule has 0 amide bonds. The van der Waals surface area contributed by atoms with Gasteiger partial charge in [-0.15, -0.1) is 5.10 Å². The smallest absolute Gasteiger partial charge is 0.233 e. The third-order valence-electron chi connectivity index (χ3n) is 3.28. The van der Waals surface area contributed by atoms with Crippen molar-refractivity contribution in [3.05, 3.63) is 42.1 Å².